The summed E-state index contributed by atoms with van der Waals surface area (Å²) >= 11 is 0. The maximum absolute atomic E-state index is 10.3. The third-order valence-electron chi connectivity index (χ3n) is 2.24. The van der Waals surface area contributed by atoms with Gasteiger partial charge in [-0.25, -0.2) is 0 Å². The van der Waals surface area contributed by atoms with Crippen molar-refractivity contribution >= 4 is 12.0 Å². The van der Waals surface area contributed by atoms with Crippen molar-refractivity contribution in [3.8, 4) is 11.5 Å². The lowest BCUT2D eigenvalue weighted by atomic mass is 10.1. The van der Waals surface area contributed by atoms with E-state index in [0.29, 0.717) is 17.9 Å². The molecule has 1 N–H and O–H groups in total. The van der Waals surface area contributed by atoms with Gasteiger partial charge in [0.05, 0.1) is 14.2 Å². The van der Waals surface area contributed by atoms with Gasteiger partial charge in [0.15, 0.2) is 11.5 Å². The summed E-state index contributed by atoms with van der Waals surface area (Å²) in [6, 6.07) is 5.55. The molecule has 0 radical (unpaired) electrons. The zero-order valence-electron chi connectivity index (χ0n) is 9.97. The number of hydrogen-bond donors (Lipinski definition) is 1. The summed E-state index contributed by atoms with van der Waals surface area (Å²) in [7, 11) is 3.16. The number of allylic oxidation sites excluding steroid dienone is 1. The molecule has 0 bridgehead atoms. The van der Waals surface area contributed by atoms with Crippen molar-refractivity contribution in [2.24, 2.45) is 0 Å². The molecule has 0 saturated heterocycles. The van der Waals surface area contributed by atoms with E-state index in [4.69, 9.17) is 14.6 Å². The molecule has 0 aliphatic rings. The van der Waals surface area contributed by atoms with Crippen molar-refractivity contribution in [2.75, 3.05) is 14.2 Å². The maximum atomic E-state index is 10.3. The lowest BCUT2D eigenvalue weighted by Gasteiger charge is -2.07. The first-order valence-corrected chi connectivity index (χ1v) is 5.27. The Labute approximate surface area is 100 Å². The number of aliphatic carboxylic acids is 1. The average molecular weight is 236 g/mol. The van der Waals surface area contributed by atoms with Crippen LogP contribution in [0.5, 0.6) is 11.5 Å². The fourth-order valence-electron chi connectivity index (χ4n) is 1.38. The van der Waals surface area contributed by atoms with E-state index in [1.165, 1.54) is 0 Å². The number of carbonyl (C=O) groups is 1. The molecule has 0 amide bonds. The molecule has 0 saturated carbocycles. The molecule has 0 atom stereocenters. The summed E-state index contributed by atoms with van der Waals surface area (Å²) in [4.78, 5) is 10.3. The van der Waals surface area contributed by atoms with Crippen molar-refractivity contribution in [3.63, 3.8) is 0 Å². The minimum atomic E-state index is -0.790. The van der Waals surface area contributed by atoms with Crippen molar-refractivity contribution < 1.29 is 19.4 Å². The third-order valence-corrected chi connectivity index (χ3v) is 2.24. The number of carboxylic acid groups (broad SMARTS) is 1. The van der Waals surface area contributed by atoms with Crippen molar-refractivity contribution in [3.05, 3.63) is 29.8 Å². The van der Waals surface area contributed by atoms with E-state index < -0.39 is 5.97 Å². The van der Waals surface area contributed by atoms with Crippen LogP contribution in [-0.4, -0.2) is 25.3 Å². The predicted molar refractivity (Wildman–Crippen MR) is 65.4 cm³/mol. The third kappa shape index (κ3) is 4.18. The highest BCUT2D eigenvalue weighted by Crippen LogP contribution is 2.27. The van der Waals surface area contributed by atoms with Gasteiger partial charge < -0.3 is 14.6 Å². The maximum Gasteiger partial charge on any atom is 0.303 e. The number of hydrogen-bond acceptors (Lipinski definition) is 3. The highest BCUT2D eigenvalue weighted by molar-refractivity contribution is 5.67. The van der Waals surface area contributed by atoms with E-state index in [1.807, 2.05) is 30.4 Å². The molecular formula is C13H16O4. The first-order chi connectivity index (χ1) is 8.17. The SMILES string of the molecule is COc1ccc(/C=C/CCC(=O)O)cc1OC. The second-order valence-corrected chi connectivity index (χ2v) is 3.45. The number of ether oxygens (including phenoxy) is 2. The molecule has 0 heterocycles. The molecule has 0 aliphatic carbocycles. The van der Waals surface area contributed by atoms with E-state index in [2.05, 4.69) is 0 Å². The van der Waals surface area contributed by atoms with Crippen LogP contribution in [0.15, 0.2) is 24.3 Å². The summed E-state index contributed by atoms with van der Waals surface area (Å²) in [5.74, 6) is 0.546. The number of methoxy groups -OCH3 is 2. The quantitative estimate of drug-likeness (QED) is 0.824. The van der Waals surface area contributed by atoms with Gasteiger partial charge in [-0.2, -0.15) is 0 Å². The molecule has 4 heteroatoms. The van der Waals surface area contributed by atoms with Gasteiger partial charge in [0, 0.05) is 6.42 Å². The zero-order chi connectivity index (χ0) is 12.7. The van der Waals surface area contributed by atoms with E-state index in [1.54, 1.807) is 14.2 Å². The molecule has 92 valence electrons. The summed E-state index contributed by atoms with van der Waals surface area (Å²) < 4.78 is 10.3. The van der Waals surface area contributed by atoms with Crippen LogP contribution in [0.4, 0.5) is 0 Å². The summed E-state index contributed by atoms with van der Waals surface area (Å²) in [6.07, 6.45) is 4.35. The molecular weight excluding hydrogens is 220 g/mol. The van der Waals surface area contributed by atoms with Crippen LogP contribution < -0.4 is 9.47 Å². The van der Waals surface area contributed by atoms with Gasteiger partial charge in [0.1, 0.15) is 0 Å². The van der Waals surface area contributed by atoms with Crippen molar-refractivity contribution in [1.82, 2.24) is 0 Å². The molecule has 4 nitrogen and oxygen atoms in total. The lowest BCUT2D eigenvalue weighted by Crippen LogP contribution is -1.92. The van der Waals surface area contributed by atoms with Crippen LogP contribution in [0, 0.1) is 0 Å². The fraction of sp³-hybridized carbons (Fsp3) is 0.308. The van der Waals surface area contributed by atoms with E-state index in [0.717, 1.165) is 5.56 Å². The van der Waals surface area contributed by atoms with Gasteiger partial charge in [-0.15, -0.1) is 0 Å². The van der Waals surface area contributed by atoms with Gasteiger partial charge in [-0.1, -0.05) is 18.2 Å². The first-order valence-electron chi connectivity index (χ1n) is 5.27. The predicted octanol–water partition coefficient (Wildman–Crippen LogP) is 2.58. The number of carboxylic acids is 1. The van der Waals surface area contributed by atoms with Crippen LogP contribution in [0.25, 0.3) is 6.08 Å². The molecule has 0 unspecified atom stereocenters. The number of rotatable bonds is 6. The Bertz CT molecular complexity index is 410. The molecule has 0 aliphatic heterocycles. The van der Waals surface area contributed by atoms with Crippen molar-refractivity contribution in [1.29, 1.82) is 0 Å². The average Bonchev–Trinajstić information content (AvgIpc) is 2.34. The van der Waals surface area contributed by atoms with E-state index in [9.17, 15) is 4.79 Å². The second kappa shape index (κ2) is 6.58. The van der Waals surface area contributed by atoms with Crippen LogP contribution in [0.2, 0.25) is 0 Å². The van der Waals surface area contributed by atoms with Gasteiger partial charge in [0.25, 0.3) is 0 Å². The minimum absolute atomic E-state index is 0.143. The molecule has 1 aromatic rings. The molecule has 0 spiro atoms. The zero-order valence-corrected chi connectivity index (χ0v) is 9.97. The first kappa shape index (κ1) is 13.1. The monoisotopic (exact) mass is 236 g/mol. The fourth-order valence-corrected chi connectivity index (χ4v) is 1.38. The summed E-state index contributed by atoms with van der Waals surface area (Å²) in [5, 5.41) is 8.49. The van der Waals surface area contributed by atoms with Gasteiger partial charge in [-0.05, 0) is 24.1 Å². The summed E-state index contributed by atoms with van der Waals surface area (Å²) in [6.45, 7) is 0. The smallest absolute Gasteiger partial charge is 0.303 e. The van der Waals surface area contributed by atoms with Crippen molar-refractivity contribution in [2.45, 2.75) is 12.8 Å². The molecule has 17 heavy (non-hydrogen) atoms. The normalized spacial score (nSPS) is 10.5. The number of benzene rings is 1. The van der Waals surface area contributed by atoms with Crippen LogP contribution in [-0.2, 0) is 4.79 Å². The second-order valence-electron chi connectivity index (χ2n) is 3.45. The van der Waals surface area contributed by atoms with Gasteiger partial charge in [-0.3, -0.25) is 4.79 Å². The Hall–Kier alpha value is -1.97. The van der Waals surface area contributed by atoms with Crippen LogP contribution in [0.3, 0.4) is 0 Å². The van der Waals surface area contributed by atoms with Crippen LogP contribution >= 0.6 is 0 Å². The largest absolute Gasteiger partial charge is 0.493 e. The van der Waals surface area contributed by atoms with Gasteiger partial charge in [0.2, 0.25) is 0 Å². The topological polar surface area (TPSA) is 55.8 Å². The van der Waals surface area contributed by atoms with E-state index in [-0.39, 0.29) is 6.42 Å². The Kier molecular flexibility index (Phi) is 5.07. The Morgan fingerprint density at radius 1 is 1.29 bits per heavy atom. The standard InChI is InChI=1S/C13H16O4/c1-16-11-8-7-10(9-12(11)17-2)5-3-4-6-13(14)15/h3,5,7-9H,4,6H2,1-2H3,(H,14,15)/b5-3+. The Morgan fingerprint density at radius 2 is 2.00 bits per heavy atom. The van der Waals surface area contributed by atoms with Gasteiger partial charge >= 0.3 is 5.97 Å². The molecule has 0 fully saturated rings. The summed E-state index contributed by atoms with van der Waals surface area (Å²) in [5.41, 5.74) is 0.952. The molecule has 1 rings (SSSR count). The van der Waals surface area contributed by atoms with E-state index >= 15 is 0 Å². The highest BCUT2D eigenvalue weighted by Gasteiger charge is 2.02. The molecule has 0 aromatic heterocycles. The lowest BCUT2D eigenvalue weighted by molar-refractivity contribution is -0.136. The highest BCUT2D eigenvalue weighted by atomic mass is 16.5. The Morgan fingerprint density at radius 3 is 2.59 bits per heavy atom. The molecule has 1 aromatic carbocycles. The van der Waals surface area contributed by atoms with Crippen LogP contribution in [0.1, 0.15) is 18.4 Å². The Balaban J connectivity index is 2.68. The minimum Gasteiger partial charge on any atom is -0.493 e.